The Labute approximate surface area is 178 Å². The molecule has 0 spiro atoms. The van der Waals surface area contributed by atoms with Crippen molar-refractivity contribution in [3.63, 3.8) is 0 Å². The predicted octanol–water partition coefficient (Wildman–Crippen LogP) is 3.66. The summed E-state index contributed by atoms with van der Waals surface area (Å²) >= 11 is 0. The first-order valence-corrected chi connectivity index (χ1v) is 9.83. The molecule has 0 atom stereocenters. The van der Waals surface area contributed by atoms with Crippen molar-refractivity contribution in [3.8, 4) is 0 Å². The van der Waals surface area contributed by atoms with Gasteiger partial charge in [-0.1, -0.05) is 30.3 Å². The summed E-state index contributed by atoms with van der Waals surface area (Å²) in [6.45, 7) is 0.558. The van der Waals surface area contributed by atoms with Crippen LogP contribution in [0.4, 0.5) is 21.9 Å². The lowest BCUT2D eigenvalue weighted by atomic mass is 9.93. The van der Waals surface area contributed by atoms with Gasteiger partial charge >= 0.3 is 11.7 Å². The lowest BCUT2D eigenvalue weighted by Crippen LogP contribution is -2.46. The molecule has 1 aliphatic carbocycles. The van der Waals surface area contributed by atoms with E-state index in [-0.39, 0.29) is 17.8 Å². The monoisotopic (exact) mass is 429 g/mol. The van der Waals surface area contributed by atoms with Gasteiger partial charge in [-0.2, -0.15) is 0 Å². The van der Waals surface area contributed by atoms with Crippen LogP contribution >= 0.6 is 0 Å². The third-order valence-corrected chi connectivity index (χ3v) is 5.04. The lowest BCUT2D eigenvalue weighted by Gasteiger charge is -2.29. The Bertz CT molecular complexity index is 931. The molecule has 31 heavy (non-hydrogen) atoms. The normalized spacial score (nSPS) is 18.1. The van der Waals surface area contributed by atoms with Crippen LogP contribution in [0.2, 0.25) is 0 Å². The van der Waals surface area contributed by atoms with Crippen LogP contribution in [0.3, 0.4) is 0 Å². The molecule has 11 heteroatoms. The van der Waals surface area contributed by atoms with Gasteiger partial charge in [-0.25, -0.2) is 4.79 Å². The summed E-state index contributed by atoms with van der Waals surface area (Å²) in [5, 5.41) is 24.7. The number of nitro benzene ring substituents is 2. The first kappa shape index (κ1) is 22.0. The maximum atomic E-state index is 12.1. The standard InChI is InChI=1S/C20H23N5O6/c26-20(23-22-18-11-8-16(24(27)28)12-19(18)25(29)30)21-15-6-9-17(10-7-15)31-13-14-4-2-1-3-5-14/h1-5,8,11-12,15,17,22H,6-7,9-10,13H2,(H2,21,23,26). The zero-order chi connectivity index (χ0) is 22.2. The zero-order valence-corrected chi connectivity index (χ0v) is 16.7. The van der Waals surface area contributed by atoms with Gasteiger partial charge in [0.25, 0.3) is 5.69 Å². The molecular formula is C20H23N5O6. The Morgan fingerprint density at radius 2 is 1.71 bits per heavy atom. The van der Waals surface area contributed by atoms with Crippen molar-refractivity contribution < 1.29 is 19.4 Å². The highest BCUT2D eigenvalue weighted by atomic mass is 16.6. The zero-order valence-electron chi connectivity index (χ0n) is 16.7. The van der Waals surface area contributed by atoms with Crippen LogP contribution in [-0.2, 0) is 11.3 Å². The topological polar surface area (TPSA) is 149 Å². The minimum absolute atomic E-state index is 0.0368. The molecule has 0 aliphatic heterocycles. The third-order valence-electron chi connectivity index (χ3n) is 5.04. The second kappa shape index (κ2) is 10.3. The van der Waals surface area contributed by atoms with Crippen molar-refractivity contribution in [1.29, 1.82) is 0 Å². The number of ether oxygens (including phenoxy) is 1. The molecule has 2 aromatic rings. The number of nitrogens with one attached hydrogen (secondary N) is 3. The van der Waals surface area contributed by atoms with E-state index in [2.05, 4.69) is 16.2 Å². The van der Waals surface area contributed by atoms with Crippen LogP contribution in [-0.4, -0.2) is 28.0 Å². The molecule has 1 saturated carbocycles. The Morgan fingerprint density at radius 1 is 1.00 bits per heavy atom. The fourth-order valence-corrected chi connectivity index (χ4v) is 3.40. The highest BCUT2D eigenvalue weighted by molar-refractivity contribution is 5.77. The molecule has 164 valence electrons. The van der Waals surface area contributed by atoms with Gasteiger partial charge < -0.3 is 10.1 Å². The molecule has 3 rings (SSSR count). The maximum Gasteiger partial charge on any atom is 0.333 e. The molecule has 0 heterocycles. The number of amides is 2. The third kappa shape index (κ3) is 6.37. The number of anilines is 1. The maximum absolute atomic E-state index is 12.1. The van der Waals surface area contributed by atoms with Crippen LogP contribution in [0.15, 0.2) is 48.5 Å². The molecule has 1 fully saturated rings. The number of benzene rings is 2. The predicted molar refractivity (Wildman–Crippen MR) is 112 cm³/mol. The molecule has 0 radical (unpaired) electrons. The first-order valence-electron chi connectivity index (χ1n) is 9.83. The number of carbonyl (C=O) groups excluding carboxylic acids is 1. The Kier molecular flexibility index (Phi) is 7.33. The first-order chi connectivity index (χ1) is 14.9. The molecule has 1 aliphatic rings. The van der Waals surface area contributed by atoms with Gasteiger partial charge in [0.2, 0.25) is 0 Å². The molecule has 3 N–H and O–H groups in total. The Morgan fingerprint density at radius 3 is 2.35 bits per heavy atom. The van der Waals surface area contributed by atoms with Crippen molar-refractivity contribution in [1.82, 2.24) is 10.7 Å². The average molecular weight is 429 g/mol. The molecule has 2 aromatic carbocycles. The van der Waals surface area contributed by atoms with Gasteiger partial charge in [0, 0.05) is 12.1 Å². The average Bonchev–Trinajstić information content (AvgIpc) is 2.77. The summed E-state index contributed by atoms with van der Waals surface area (Å²) in [6.07, 6.45) is 3.29. The van der Waals surface area contributed by atoms with Gasteiger partial charge in [-0.3, -0.25) is 31.1 Å². The summed E-state index contributed by atoms with van der Waals surface area (Å²) in [6, 6.07) is 12.5. The van der Waals surface area contributed by atoms with Crippen LogP contribution < -0.4 is 16.2 Å². The Hall–Kier alpha value is -3.73. The van der Waals surface area contributed by atoms with E-state index in [4.69, 9.17) is 4.74 Å². The van der Waals surface area contributed by atoms with Crippen molar-refractivity contribution in [2.75, 3.05) is 5.43 Å². The molecule has 0 aromatic heterocycles. The largest absolute Gasteiger partial charge is 0.374 e. The summed E-state index contributed by atoms with van der Waals surface area (Å²) in [5.41, 5.74) is 4.94. The molecule has 0 unspecified atom stereocenters. The van der Waals surface area contributed by atoms with E-state index in [9.17, 15) is 25.0 Å². The van der Waals surface area contributed by atoms with Crippen molar-refractivity contribution in [2.24, 2.45) is 0 Å². The minimum Gasteiger partial charge on any atom is -0.374 e. The van der Waals surface area contributed by atoms with Crippen LogP contribution in [0, 0.1) is 20.2 Å². The minimum atomic E-state index is -0.758. The van der Waals surface area contributed by atoms with Gasteiger partial charge in [-0.05, 0) is 37.3 Å². The summed E-state index contributed by atoms with van der Waals surface area (Å²) < 4.78 is 5.94. The van der Waals surface area contributed by atoms with E-state index < -0.39 is 27.3 Å². The van der Waals surface area contributed by atoms with E-state index in [0.717, 1.165) is 43.4 Å². The number of hydrazine groups is 1. The quantitative estimate of drug-likeness (QED) is 0.428. The van der Waals surface area contributed by atoms with E-state index in [1.807, 2.05) is 30.3 Å². The highest BCUT2D eigenvalue weighted by Gasteiger charge is 2.24. The fraction of sp³-hybridized carbons (Fsp3) is 0.350. The van der Waals surface area contributed by atoms with E-state index in [0.29, 0.717) is 6.61 Å². The molecule has 0 bridgehead atoms. The summed E-state index contributed by atoms with van der Waals surface area (Å²) in [7, 11) is 0. The molecular weight excluding hydrogens is 406 g/mol. The molecule has 11 nitrogen and oxygen atoms in total. The smallest absolute Gasteiger partial charge is 0.333 e. The number of nitrogens with zero attached hydrogens (tertiary/aromatic N) is 2. The van der Waals surface area contributed by atoms with Gasteiger partial charge in [0.1, 0.15) is 5.69 Å². The van der Waals surface area contributed by atoms with E-state index in [1.54, 1.807) is 0 Å². The van der Waals surface area contributed by atoms with E-state index in [1.165, 1.54) is 6.07 Å². The number of urea groups is 1. The number of hydrogen-bond donors (Lipinski definition) is 3. The van der Waals surface area contributed by atoms with Crippen molar-refractivity contribution in [2.45, 2.75) is 44.4 Å². The number of rotatable bonds is 8. The molecule has 0 saturated heterocycles. The van der Waals surface area contributed by atoms with Crippen LogP contribution in [0.1, 0.15) is 31.2 Å². The second-order valence-electron chi connectivity index (χ2n) is 7.21. The van der Waals surface area contributed by atoms with Gasteiger partial charge in [-0.15, -0.1) is 0 Å². The van der Waals surface area contributed by atoms with E-state index >= 15 is 0 Å². The number of nitro groups is 2. The lowest BCUT2D eigenvalue weighted by molar-refractivity contribution is -0.393. The SMILES string of the molecule is O=C(NNc1ccc([N+](=O)[O-])cc1[N+](=O)[O-])NC1CCC(OCc2ccccc2)CC1. The van der Waals surface area contributed by atoms with Crippen molar-refractivity contribution in [3.05, 3.63) is 74.3 Å². The van der Waals surface area contributed by atoms with Crippen molar-refractivity contribution >= 4 is 23.1 Å². The fourth-order valence-electron chi connectivity index (χ4n) is 3.40. The number of hydrogen-bond acceptors (Lipinski definition) is 7. The van der Waals surface area contributed by atoms with Gasteiger partial charge in [0.15, 0.2) is 0 Å². The highest BCUT2D eigenvalue weighted by Crippen LogP contribution is 2.28. The van der Waals surface area contributed by atoms with Gasteiger partial charge in [0.05, 0.1) is 28.6 Å². The van der Waals surface area contributed by atoms with Crippen LogP contribution in [0.5, 0.6) is 0 Å². The second-order valence-corrected chi connectivity index (χ2v) is 7.21. The summed E-state index contributed by atoms with van der Waals surface area (Å²) in [4.78, 5) is 32.6. The Balaban J connectivity index is 1.42. The number of non-ortho nitro benzene ring substituents is 1. The number of carbonyl (C=O) groups is 1. The molecule has 2 amide bonds. The van der Waals surface area contributed by atoms with Crippen LogP contribution in [0.25, 0.3) is 0 Å². The summed E-state index contributed by atoms with van der Waals surface area (Å²) in [5.74, 6) is 0.